The first-order valence-electron chi connectivity index (χ1n) is 9.82. The Morgan fingerprint density at radius 1 is 0.844 bits per heavy atom. The SMILES string of the molecule is Cc1ccc(C)c(N2C(=O)c3ccc(C(=O)OCC(=O)c4ccc(Cl)cc4)cc3C2=O)c1. The van der Waals surface area contributed by atoms with E-state index in [1.165, 1.54) is 18.2 Å². The molecule has 0 fully saturated rings. The number of fused-ring (bicyclic) bond motifs is 1. The largest absolute Gasteiger partial charge is 0.454 e. The van der Waals surface area contributed by atoms with Crippen molar-refractivity contribution < 1.29 is 23.9 Å². The molecule has 0 saturated carbocycles. The minimum Gasteiger partial charge on any atom is -0.454 e. The molecule has 3 aromatic carbocycles. The number of anilines is 1. The Morgan fingerprint density at radius 2 is 1.50 bits per heavy atom. The highest BCUT2D eigenvalue weighted by atomic mass is 35.5. The molecule has 4 rings (SSSR count). The number of amides is 2. The van der Waals surface area contributed by atoms with E-state index in [4.69, 9.17) is 16.3 Å². The standard InChI is InChI=1S/C25H18ClNO5/c1-14-3-4-15(2)21(11-14)27-23(29)19-10-7-17(12-20(19)24(27)30)25(31)32-13-22(28)16-5-8-18(26)9-6-16/h3-12H,13H2,1-2H3. The van der Waals surface area contributed by atoms with E-state index < -0.39 is 24.4 Å². The fourth-order valence-electron chi connectivity index (χ4n) is 3.48. The van der Waals surface area contributed by atoms with E-state index in [-0.39, 0.29) is 22.5 Å². The highest BCUT2D eigenvalue weighted by Gasteiger charge is 2.38. The number of aryl methyl sites for hydroxylation is 2. The van der Waals surface area contributed by atoms with E-state index in [0.717, 1.165) is 16.0 Å². The molecule has 0 bridgehead atoms. The first-order chi connectivity index (χ1) is 15.3. The zero-order valence-corrected chi connectivity index (χ0v) is 18.1. The van der Waals surface area contributed by atoms with Crippen LogP contribution in [0.2, 0.25) is 5.02 Å². The van der Waals surface area contributed by atoms with Crippen molar-refractivity contribution in [1.29, 1.82) is 0 Å². The van der Waals surface area contributed by atoms with Crippen LogP contribution in [0.3, 0.4) is 0 Å². The van der Waals surface area contributed by atoms with Crippen LogP contribution in [0.15, 0.2) is 60.7 Å². The molecule has 7 heteroatoms. The fraction of sp³-hybridized carbons (Fsp3) is 0.120. The Labute approximate surface area is 189 Å². The smallest absolute Gasteiger partial charge is 0.338 e. The second-order valence-corrected chi connectivity index (χ2v) is 7.94. The number of carbonyl (C=O) groups is 4. The number of Topliss-reactive ketones (excluding diaryl/α,β-unsaturated/α-hetero) is 1. The topological polar surface area (TPSA) is 80.8 Å². The summed E-state index contributed by atoms with van der Waals surface area (Å²) in [5, 5.41) is 0.491. The van der Waals surface area contributed by atoms with Gasteiger partial charge in [0.25, 0.3) is 11.8 Å². The van der Waals surface area contributed by atoms with Crippen LogP contribution in [0.5, 0.6) is 0 Å². The van der Waals surface area contributed by atoms with Crippen LogP contribution in [-0.4, -0.2) is 30.2 Å². The van der Waals surface area contributed by atoms with E-state index in [0.29, 0.717) is 16.3 Å². The van der Waals surface area contributed by atoms with Crippen molar-refractivity contribution in [2.45, 2.75) is 13.8 Å². The van der Waals surface area contributed by atoms with Gasteiger partial charge in [0.1, 0.15) is 0 Å². The molecule has 0 radical (unpaired) electrons. The minimum absolute atomic E-state index is 0.0802. The quantitative estimate of drug-likeness (QED) is 0.319. The molecule has 1 heterocycles. The predicted molar refractivity (Wildman–Crippen MR) is 120 cm³/mol. The number of halogens is 1. The number of ether oxygens (including phenoxy) is 1. The number of esters is 1. The Kier molecular flexibility index (Phi) is 5.63. The number of ketones is 1. The van der Waals surface area contributed by atoms with Crippen LogP contribution in [0.4, 0.5) is 5.69 Å². The van der Waals surface area contributed by atoms with Gasteiger partial charge < -0.3 is 4.74 Å². The molecular formula is C25H18ClNO5. The van der Waals surface area contributed by atoms with Gasteiger partial charge >= 0.3 is 5.97 Å². The normalized spacial score (nSPS) is 12.7. The van der Waals surface area contributed by atoms with Crippen molar-refractivity contribution in [3.63, 3.8) is 0 Å². The lowest BCUT2D eigenvalue weighted by Crippen LogP contribution is -2.30. The summed E-state index contributed by atoms with van der Waals surface area (Å²) in [7, 11) is 0. The second kappa shape index (κ2) is 8.40. The molecule has 0 unspecified atom stereocenters. The Hall–Kier alpha value is -3.77. The summed E-state index contributed by atoms with van der Waals surface area (Å²) >= 11 is 5.81. The molecule has 0 N–H and O–H groups in total. The fourth-order valence-corrected chi connectivity index (χ4v) is 3.61. The summed E-state index contributed by atoms with van der Waals surface area (Å²) < 4.78 is 5.11. The molecule has 160 valence electrons. The highest BCUT2D eigenvalue weighted by Crippen LogP contribution is 2.32. The molecule has 1 aliphatic heterocycles. The first kappa shape index (κ1) is 21.5. The minimum atomic E-state index is -0.763. The molecular weight excluding hydrogens is 430 g/mol. The molecule has 0 spiro atoms. The van der Waals surface area contributed by atoms with Crippen LogP contribution in [0, 0.1) is 13.8 Å². The van der Waals surface area contributed by atoms with Crippen molar-refractivity contribution in [1.82, 2.24) is 0 Å². The van der Waals surface area contributed by atoms with Gasteiger partial charge in [-0.1, -0.05) is 23.7 Å². The average Bonchev–Trinajstić information content (AvgIpc) is 3.03. The predicted octanol–water partition coefficient (Wildman–Crippen LogP) is 4.80. The molecule has 2 amide bonds. The average molecular weight is 448 g/mol. The third-order valence-corrected chi connectivity index (χ3v) is 5.48. The van der Waals surface area contributed by atoms with Crippen LogP contribution in [-0.2, 0) is 4.74 Å². The lowest BCUT2D eigenvalue weighted by atomic mass is 10.1. The van der Waals surface area contributed by atoms with Gasteiger partial charge in [-0.2, -0.15) is 0 Å². The van der Waals surface area contributed by atoms with Crippen molar-refractivity contribution >= 4 is 40.9 Å². The van der Waals surface area contributed by atoms with Gasteiger partial charge in [0.15, 0.2) is 12.4 Å². The molecule has 0 aliphatic carbocycles. The maximum Gasteiger partial charge on any atom is 0.338 e. The molecule has 6 nitrogen and oxygen atoms in total. The Bertz CT molecular complexity index is 1280. The van der Waals surface area contributed by atoms with Crippen molar-refractivity contribution in [3.8, 4) is 0 Å². The molecule has 0 saturated heterocycles. The lowest BCUT2D eigenvalue weighted by Gasteiger charge is -2.17. The number of hydrogen-bond donors (Lipinski definition) is 0. The first-order valence-corrected chi connectivity index (χ1v) is 10.2. The van der Waals surface area contributed by atoms with Gasteiger partial charge in [0.05, 0.1) is 22.4 Å². The number of rotatable bonds is 5. The molecule has 0 aromatic heterocycles. The number of nitrogens with zero attached hydrogens (tertiary/aromatic N) is 1. The van der Waals surface area contributed by atoms with Gasteiger partial charge in [-0.05, 0) is 73.5 Å². The Balaban J connectivity index is 1.53. The van der Waals surface area contributed by atoms with Gasteiger partial charge in [-0.3, -0.25) is 14.4 Å². The summed E-state index contributed by atoms with van der Waals surface area (Å²) in [5.41, 5.74) is 2.98. The van der Waals surface area contributed by atoms with Crippen molar-refractivity contribution in [2.75, 3.05) is 11.5 Å². The number of hydrogen-bond acceptors (Lipinski definition) is 5. The second-order valence-electron chi connectivity index (χ2n) is 7.50. The third kappa shape index (κ3) is 3.92. The van der Waals surface area contributed by atoms with E-state index >= 15 is 0 Å². The number of benzene rings is 3. The number of imide groups is 1. The van der Waals surface area contributed by atoms with Gasteiger partial charge in [0.2, 0.25) is 0 Å². The van der Waals surface area contributed by atoms with Gasteiger partial charge in [-0.15, -0.1) is 0 Å². The van der Waals surface area contributed by atoms with Gasteiger partial charge in [-0.25, -0.2) is 9.69 Å². The molecule has 1 aliphatic rings. The zero-order valence-electron chi connectivity index (χ0n) is 17.3. The maximum atomic E-state index is 13.0. The maximum absolute atomic E-state index is 13.0. The Morgan fingerprint density at radius 3 is 2.22 bits per heavy atom. The lowest BCUT2D eigenvalue weighted by molar-refractivity contribution is 0.0474. The summed E-state index contributed by atoms with van der Waals surface area (Å²) in [6, 6.07) is 15.9. The zero-order chi connectivity index (χ0) is 23.0. The summed E-state index contributed by atoms with van der Waals surface area (Å²) in [6.07, 6.45) is 0. The summed E-state index contributed by atoms with van der Waals surface area (Å²) in [4.78, 5) is 51.7. The summed E-state index contributed by atoms with van der Waals surface area (Å²) in [6.45, 7) is 3.23. The molecule has 0 atom stereocenters. The monoisotopic (exact) mass is 447 g/mol. The van der Waals surface area contributed by atoms with Crippen LogP contribution in [0.25, 0.3) is 0 Å². The van der Waals surface area contributed by atoms with E-state index in [1.807, 2.05) is 26.0 Å². The van der Waals surface area contributed by atoms with E-state index in [2.05, 4.69) is 0 Å². The van der Waals surface area contributed by atoms with E-state index in [1.54, 1.807) is 30.3 Å². The van der Waals surface area contributed by atoms with Gasteiger partial charge in [0, 0.05) is 10.6 Å². The van der Waals surface area contributed by atoms with Crippen LogP contribution < -0.4 is 4.90 Å². The third-order valence-electron chi connectivity index (χ3n) is 5.23. The van der Waals surface area contributed by atoms with Crippen molar-refractivity contribution in [3.05, 3.63) is 99.1 Å². The van der Waals surface area contributed by atoms with E-state index in [9.17, 15) is 19.2 Å². The molecule has 32 heavy (non-hydrogen) atoms. The molecule has 3 aromatic rings. The van der Waals surface area contributed by atoms with Crippen LogP contribution in [0.1, 0.15) is 52.6 Å². The van der Waals surface area contributed by atoms with Crippen molar-refractivity contribution in [2.24, 2.45) is 0 Å². The highest BCUT2D eigenvalue weighted by molar-refractivity contribution is 6.35. The van der Waals surface area contributed by atoms with Crippen LogP contribution >= 0.6 is 11.6 Å². The summed E-state index contributed by atoms with van der Waals surface area (Å²) in [5.74, 6) is -2.11. The number of carbonyl (C=O) groups excluding carboxylic acids is 4.